The van der Waals surface area contributed by atoms with Gasteiger partial charge in [0.1, 0.15) is 0 Å². The molecule has 0 saturated carbocycles. The van der Waals surface area contributed by atoms with Crippen molar-refractivity contribution in [2.75, 3.05) is 0 Å². The van der Waals surface area contributed by atoms with E-state index >= 15 is 0 Å². The van der Waals surface area contributed by atoms with Gasteiger partial charge in [-0.1, -0.05) is 12.1 Å². The number of fused-ring (bicyclic) bond motifs is 1. The van der Waals surface area contributed by atoms with Crippen molar-refractivity contribution in [1.29, 1.82) is 0 Å². The summed E-state index contributed by atoms with van der Waals surface area (Å²) in [5.41, 5.74) is -0.0952. The van der Waals surface area contributed by atoms with Crippen molar-refractivity contribution in [3.8, 4) is 0 Å². The maximum Gasteiger partial charge on any atom is 0.495 e. The molecule has 0 aliphatic carbocycles. The van der Waals surface area contributed by atoms with Gasteiger partial charge in [0.05, 0.1) is 17.4 Å². The van der Waals surface area contributed by atoms with Crippen molar-refractivity contribution >= 4 is 23.4 Å². The molecule has 1 aliphatic rings. The highest BCUT2D eigenvalue weighted by atomic mass is 16.7. The average Bonchev–Trinajstić information content (AvgIpc) is 2.62. The fourth-order valence-electron chi connectivity index (χ4n) is 2.46. The molecule has 3 rings (SSSR count). The summed E-state index contributed by atoms with van der Waals surface area (Å²) in [7, 11) is 1.15. The van der Waals surface area contributed by atoms with Gasteiger partial charge in [0.25, 0.3) is 5.56 Å². The molecule has 2 heterocycles. The van der Waals surface area contributed by atoms with E-state index in [-0.39, 0.29) is 5.56 Å². The molecule has 1 aromatic carbocycles. The smallest absolute Gasteiger partial charge is 0.399 e. The lowest BCUT2D eigenvalue weighted by molar-refractivity contribution is 0.00578. The number of benzene rings is 1. The van der Waals surface area contributed by atoms with Gasteiger partial charge in [0.15, 0.2) is 0 Å². The molecule has 0 bridgehead atoms. The van der Waals surface area contributed by atoms with E-state index in [0.717, 1.165) is 10.8 Å². The quantitative estimate of drug-likeness (QED) is 0.740. The van der Waals surface area contributed by atoms with Crippen LogP contribution in [0.1, 0.15) is 27.7 Å². The maximum absolute atomic E-state index is 12.2. The van der Waals surface area contributed by atoms with Crippen LogP contribution in [-0.2, 0) is 16.4 Å². The molecule has 6 heteroatoms. The SMILES string of the molecule is Cn1ncc2c(B3OC(C)(C)C(C)(C)O3)cccc2c1=O. The van der Waals surface area contributed by atoms with Gasteiger partial charge in [-0.3, -0.25) is 4.79 Å². The topological polar surface area (TPSA) is 53.4 Å². The van der Waals surface area contributed by atoms with Crippen LogP contribution in [-0.4, -0.2) is 28.1 Å². The minimum absolute atomic E-state index is 0.120. The molecule has 0 unspecified atom stereocenters. The van der Waals surface area contributed by atoms with Crippen LogP contribution in [0, 0.1) is 0 Å². The molecule has 1 saturated heterocycles. The van der Waals surface area contributed by atoms with Crippen LogP contribution in [0.25, 0.3) is 10.8 Å². The largest absolute Gasteiger partial charge is 0.495 e. The molecule has 0 spiro atoms. The summed E-state index contributed by atoms with van der Waals surface area (Å²) in [6.45, 7) is 8.04. The van der Waals surface area contributed by atoms with Crippen molar-refractivity contribution in [2.45, 2.75) is 38.9 Å². The third kappa shape index (κ3) is 2.10. The molecule has 0 atom stereocenters. The van der Waals surface area contributed by atoms with Gasteiger partial charge in [0.2, 0.25) is 0 Å². The Bertz CT molecular complexity index is 751. The fraction of sp³-hybridized carbons (Fsp3) is 0.467. The van der Waals surface area contributed by atoms with E-state index in [1.165, 1.54) is 4.68 Å². The van der Waals surface area contributed by atoms with Crippen molar-refractivity contribution < 1.29 is 9.31 Å². The highest BCUT2D eigenvalue weighted by Gasteiger charge is 2.52. The highest BCUT2D eigenvalue weighted by Crippen LogP contribution is 2.36. The zero-order valence-electron chi connectivity index (χ0n) is 13.0. The summed E-state index contributed by atoms with van der Waals surface area (Å²) in [5, 5.41) is 5.51. The second kappa shape index (κ2) is 4.42. The van der Waals surface area contributed by atoms with Crippen LogP contribution < -0.4 is 11.0 Å². The highest BCUT2D eigenvalue weighted by molar-refractivity contribution is 6.65. The first-order valence-corrected chi connectivity index (χ1v) is 7.03. The molecule has 2 aromatic rings. The molecule has 5 nitrogen and oxygen atoms in total. The maximum atomic E-state index is 12.2. The predicted octanol–water partition coefficient (Wildman–Crippen LogP) is 1.23. The summed E-state index contributed by atoms with van der Waals surface area (Å²) in [6.07, 6.45) is 1.69. The minimum atomic E-state index is -0.493. The molecule has 21 heavy (non-hydrogen) atoms. The second-order valence-corrected chi connectivity index (χ2v) is 6.47. The molecular weight excluding hydrogens is 267 g/mol. The number of hydrogen-bond acceptors (Lipinski definition) is 4. The molecule has 1 aliphatic heterocycles. The summed E-state index contributed by atoms with van der Waals surface area (Å²) in [5.74, 6) is 0. The molecule has 1 aromatic heterocycles. The molecule has 0 N–H and O–H groups in total. The van der Waals surface area contributed by atoms with Gasteiger partial charge in [0, 0.05) is 17.8 Å². The van der Waals surface area contributed by atoms with Crippen LogP contribution in [0.2, 0.25) is 0 Å². The Morgan fingerprint density at radius 3 is 2.33 bits per heavy atom. The summed E-state index contributed by atoms with van der Waals surface area (Å²) in [6, 6.07) is 5.57. The Balaban J connectivity index is 2.15. The summed E-state index contributed by atoms with van der Waals surface area (Å²) >= 11 is 0. The number of rotatable bonds is 1. The van der Waals surface area contributed by atoms with E-state index in [4.69, 9.17) is 9.31 Å². The Morgan fingerprint density at radius 1 is 1.10 bits per heavy atom. The van der Waals surface area contributed by atoms with Gasteiger partial charge >= 0.3 is 7.12 Å². The second-order valence-electron chi connectivity index (χ2n) is 6.47. The van der Waals surface area contributed by atoms with Gasteiger partial charge < -0.3 is 9.31 Å². The number of aryl methyl sites for hydroxylation is 1. The molecule has 0 radical (unpaired) electrons. The van der Waals surface area contributed by atoms with E-state index in [1.807, 2.05) is 39.8 Å². The van der Waals surface area contributed by atoms with Gasteiger partial charge in [-0.15, -0.1) is 0 Å². The van der Waals surface area contributed by atoms with Crippen LogP contribution in [0.15, 0.2) is 29.2 Å². The van der Waals surface area contributed by atoms with Crippen molar-refractivity contribution in [3.63, 3.8) is 0 Å². The van der Waals surface area contributed by atoms with E-state index in [2.05, 4.69) is 5.10 Å². The monoisotopic (exact) mass is 286 g/mol. The van der Waals surface area contributed by atoms with Crippen LogP contribution >= 0.6 is 0 Å². The molecule has 0 amide bonds. The number of nitrogens with zero attached hydrogens (tertiary/aromatic N) is 2. The fourth-order valence-corrected chi connectivity index (χ4v) is 2.46. The Hall–Kier alpha value is -1.66. The molecular formula is C15H19BN2O3. The third-order valence-corrected chi connectivity index (χ3v) is 4.53. The first-order valence-electron chi connectivity index (χ1n) is 7.03. The first kappa shape index (κ1) is 14.3. The Kier molecular flexibility index (Phi) is 3.01. The summed E-state index contributed by atoms with van der Waals surface area (Å²) < 4.78 is 13.5. The van der Waals surface area contributed by atoms with Crippen molar-refractivity contribution in [1.82, 2.24) is 9.78 Å². The van der Waals surface area contributed by atoms with Gasteiger partial charge in [-0.25, -0.2) is 4.68 Å². The van der Waals surface area contributed by atoms with Gasteiger partial charge in [-0.2, -0.15) is 5.10 Å². The van der Waals surface area contributed by atoms with E-state index in [1.54, 1.807) is 19.3 Å². The average molecular weight is 286 g/mol. The number of hydrogen-bond donors (Lipinski definition) is 0. The normalized spacial score (nSPS) is 20.1. The third-order valence-electron chi connectivity index (χ3n) is 4.53. The predicted molar refractivity (Wildman–Crippen MR) is 82.7 cm³/mol. The van der Waals surface area contributed by atoms with Crippen LogP contribution in [0.5, 0.6) is 0 Å². The van der Waals surface area contributed by atoms with E-state index in [0.29, 0.717) is 5.39 Å². The van der Waals surface area contributed by atoms with Crippen LogP contribution in [0.4, 0.5) is 0 Å². The minimum Gasteiger partial charge on any atom is -0.399 e. The first-order chi connectivity index (χ1) is 9.73. The zero-order chi connectivity index (χ0) is 15.4. The van der Waals surface area contributed by atoms with E-state index in [9.17, 15) is 4.79 Å². The van der Waals surface area contributed by atoms with Gasteiger partial charge in [-0.05, 0) is 39.2 Å². The lowest BCUT2D eigenvalue weighted by atomic mass is 9.76. The lowest BCUT2D eigenvalue weighted by Gasteiger charge is -2.32. The standard InChI is InChI=1S/C15H19BN2O3/c1-14(2)15(3,4)21-16(20-14)12-8-6-7-10-11(12)9-17-18(5)13(10)19/h6-9H,1-5H3. The summed E-state index contributed by atoms with van der Waals surface area (Å²) in [4.78, 5) is 12.2. The Morgan fingerprint density at radius 2 is 1.71 bits per heavy atom. The van der Waals surface area contributed by atoms with Crippen LogP contribution in [0.3, 0.4) is 0 Å². The van der Waals surface area contributed by atoms with E-state index < -0.39 is 18.3 Å². The zero-order valence-corrected chi connectivity index (χ0v) is 13.0. The molecule has 110 valence electrons. The molecule has 1 fully saturated rings. The lowest BCUT2D eigenvalue weighted by Crippen LogP contribution is -2.41. The van der Waals surface area contributed by atoms with Crippen molar-refractivity contribution in [3.05, 3.63) is 34.7 Å². The number of aromatic nitrogens is 2. The Labute approximate surface area is 124 Å². The van der Waals surface area contributed by atoms with Crippen molar-refractivity contribution in [2.24, 2.45) is 7.05 Å².